The van der Waals surface area contributed by atoms with Crippen molar-refractivity contribution in [2.24, 2.45) is 11.3 Å². The Morgan fingerprint density at radius 1 is 1.32 bits per heavy atom. The molecule has 1 aliphatic heterocycles. The highest BCUT2D eigenvalue weighted by atomic mass is 16.3. The van der Waals surface area contributed by atoms with Crippen LogP contribution < -0.4 is 10.6 Å². The van der Waals surface area contributed by atoms with Crippen LogP contribution in [0.4, 0.5) is 4.79 Å². The molecule has 0 aromatic rings. The maximum atomic E-state index is 12.0. The first-order valence-corrected chi connectivity index (χ1v) is 8.95. The van der Waals surface area contributed by atoms with Crippen molar-refractivity contribution in [2.75, 3.05) is 32.8 Å². The number of rotatable bonds is 6. The van der Waals surface area contributed by atoms with Gasteiger partial charge in [-0.25, -0.2) is 4.79 Å². The van der Waals surface area contributed by atoms with Crippen LogP contribution in [0.2, 0.25) is 0 Å². The Kier molecular flexibility index (Phi) is 6.50. The van der Waals surface area contributed by atoms with E-state index in [0.29, 0.717) is 0 Å². The first kappa shape index (κ1) is 17.5. The zero-order chi connectivity index (χ0) is 16.0. The van der Waals surface area contributed by atoms with Crippen molar-refractivity contribution in [1.29, 1.82) is 0 Å². The molecular formula is C17H33N3O2. The summed E-state index contributed by atoms with van der Waals surface area (Å²) in [4.78, 5) is 14.5. The lowest BCUT2D eigenvalue weighted by Crippen LogP contribution is -2.49. The minimum Gasteiger partial charge on any atom is -0.396 e. The smallest absolute Gasteiger partial charge is 0.315 e. The maximum absolute atomic E-state index is 12.0. The van der Waals surface area contributed by atoms with Gasteiger partial charge in [-0.05, 0) is 57.7 Å². The molecule has 2 aliphatic rings. The fourth-order valence-electron chi connectivity index (χ4n) is 3.86. The Hall–Kier alpha value is -0.810. The molecule has 1 heterocycles. The Bertz CT molecular complexity index is 356. The van der Waals surface area contributed by atoms with Gasteiger partial charge in [0.25, 0.3) is 0 Å². The Morgan fingerprint density at radius 3 is 2.68 bits per heavy atom. The first-order chi connectivity index (χ1) is 10.6. The Morgan fingerprint density at radius 2 is 2.05 bits per heavy atom. The summed E-state index contributed by atoms with van der Waals surface area (Å²) in [6.07, 6.45) is 6.63. The summed E-state index contributed by atoms with van der Waals surface area (Å²) in [5.74, 6) is 0.747. The number of likely N-dealkylation sites (tertiary alicyclic amines) is 1. The number of carbonyl (C=O) groups is 1. The van der Waals surface area contributed by atoms with Crippen LogP contribution in [0.25, 0.3) is 0 Å². The number of hydrogen-bond donors (Lipinski definition) is 3. The highest BCUT2D eigenvalue weighted by Crippen LogP contribution is 2.37. The highest BCUT2D eigenvalue weighted by Gasteiger charge is 2.39. The van der Waals surface area contributed by atoms with Gasteiger partial charge in [0.15, 0.2) is 0 Å². The van der Waals surface area contributed by atoms with Crippen molar-refractivity contribution in [3.63, 3.8) is 0 Å². The second-order valence-electron chi connectivity index (χ2n) is 7.32. The molecule has 0 spiro atoms. The largest absolute Gasteiger partial charge is 0.396 e. The summed E-state index contributed by atoms with van der Waals surface area (Å²) < 4.78 is 0. The van der Waals surface area contributed by atoms with Crippen LogP contribution in [0.1, 0.15) is 52.4 Å². The lowest BCUT2D eigenvalue weighted by Gasteiger charge is -2.31. The molecule has 3 N–H and O–H groups in total. The van der Waals surface area contributed by atoms with Crippen LogP contribution in [0.15, 0.2) is 0 Å². The van der Waals surface area contributed by atoms with Crippen LogP contribution in [0, 0.1) is 11.3 Å². The van der Waals surface area contributed by atoms with E-state index in [0.717, 1.165) is 44.7 Å². The molecule has 5 heteroatoms. The minimum absolute atomic E-state index is 0.0717. The molecule has 22 heavy (non-hydrogen) atoms. The molecule has 5 nitrogen and oxygen atoms in total. The van der Waals surface area contributed by atoms with Gasteiger partial charge in [0.2, 0.25) is 0 Å². The lowest BCUT2D eigenvalue weighted by atomic mass is 9.86. The number of aliphatic hydroxyl groups is 1. The van der Waals surface area contributed by atoms with Crippen molar-refractivity contribution in [2.45, 2.75) is 58.4 Å². The third-order valence-electron chi connectivity index (χ3n) is 5.74. The van der Waals surface area contributed by atoms with Gasteiger partial charge in [0.05, 0.1) is 6.61 Å². The Labute approximate surface area is 134 Å². The zero-order valence-electron chi connectivity index (χ0n) is 14.2. The van der Waals surface area contributed by atoms with Gasteiger partial charge < -0.3 is 20.6 Å². The minimum atomic E-state index is -0.148. The average Bonchev–Trinajstić information content (AvgIpc) is 2.89. The van der Waals surface area contributed by atoms with Crippen LogP contribution in [0.3, 0.4) is 0 Å². The number of hydrogen-bond acceptors (Lipinski definition) is 3. The summed E-state index contributed by atoms with van der Waals surface area (Å²) in [6.45, 7) is 8.73. The fraction of sp³-hybridized carbons (Fsp3) is 0.941. The van der Waals surface area contributed by atoms with E-state index in [4.69, 9.17) is 0 Å². The quantitative estimate of drug-likeness (QED) is 0.702. The van der Waals surface area contributed by atoms with Crippen LogP contribution in [-0.4, -0.2) is 54.9 Å². The predicted octanol–water partition coefficient (Wildman–Crippen LogP) is 1.96. The molecule has 2 unspecified atom stereocenters. The molecule has 1 saturated carbocycles. The average molecular weight is 311 g/mol. The summed E-state index contributed by atoms with van der Waals surface area (Å²) in [5.41, 5.74) is -0.148. The normalized spacial score (nSPS) is 30.4. The molecule has 2 fully saturated rings. The molecule has 128 valence electrons. The van der Waals surface area contributed by atoms with Gasteiger partial charge in [-0.15, -0.1) is 0 Å². The van der Waals surface area contributed by atoms with Gasteiger partial charge >= 0.3 is 6.03 Å². The van der Waals surface area contributed by atoms with Crippen molar-refractivity contribution in [3.05, 3.63) is 0 Å². The maximum Gasteiger partial charge on any atom is 0.315 e. The van der Waals surface area contributed by atoms with E-state index in [1.54, 1.807) is 0 Å². The number of urea groups is 1. The van der Waals surface area contributed by atoms with Crippen molar-refractivity contribution >= 4 is 6.03 Å². The Balaban J connectivity index is 1.62. The summed E-state index contributed by atoms with van der Waals surface area (Å²) in [6, 6.07) is 0.0304. The lowest BCUT2D eigenvalue weighted by molar-refractivity contribution is 0.121. The summed E-state index contributed by atoms with van der Waals surface area (Å²) in [5, 5.41) is 15.6. The second-order valence-corrected chi connectivity index (χ2v) is 7.32. The summed E-state index contributed by atoms with van der Waals surface area (Å²) in [7, 11) is 0. The van der Waals surface area contributed by atoms with Crippen molar-refractivity contribution in [3.8, 4) is 0 Å². The molecule has 1 aliphatic carbocycles. The third-order valence-corrected chi connectivity index (χ3v) is 5.74. The molecule has 2 amide bonds. The van der Waals surface area contributed by atoms with E-state index in [-0.39, 0.29) is 24.1 Å². The first-order valence-electron chi connectivity index (χ1n) is 8.95. The summed E-state index contributed by atoms with van der Waals surface area (Å²) >= 11 is 0. The van der Waals surface area contributed by atoms with Crippen molar-refractivity contribution < 1.29 is 9.90 Å². The number of nitrogens with zero attached hydrogens (tertiary/aromatic N) is 1. The van der Waals surface area contributed by atoms with E-state index >= 15 is 0 Å². The number of piperidine rings is 1. The fourth-order valence-corrected chi connectivity index (χ4v) is 3.86. The number of carbonyl (C=O) groups excluding carboxylic acids is 1. The van der Waals surface area contributed by atoms with Gasteiger partial charge in [-0.3, -0.25) is 0 Å². The SMILES string of the molecule is CCN1CCC(CCNC(=O)NC2CCCC2(C)CO)CC1. The van der Waals surface area contributed by atoms with Gasteiger partial charge in [0, 0.05) is 18.0 Å². The monoisotopic (exact) mass is 311 g/mol. The third kappa shape index (κ3) is 4.59. The predicted molar refractivity (Wildman–Crippen MR) is 88.8 cm³/mol. The van der Waals surface area contributed by atoms with E-state index in [1.807, 2.05) is 0 Å². The molecule has 1 saturated heterocycles. The van der Waals surface area contributed by atoms with Crippen LogP contribution in [0.5, 0.6) is 0 Å². The molecule has 0 aromatic carbocycles. The second kappa shape index (κ2) is 8.16. The van der Waals surface area contributed by atoms with E-state index in [1.165, 1.54) is 25.9 Å². The number of amides is 2. The molecule has 2 rings (SSSR count). The molecule has 0 bridgehead atoms. The van der Waals surface area contributed by atoms with Gasteiger partial charge in [0.1, 0.15) is 0 Å². The van der Waals surface area contributed by atoms with Crippen LogP contribution >= 0.6 is 0 Å². The molecule has 0 radical (unpaired) electrons. The molecular weight excluding hydrogens is 278 g/mol. The molecule has 2 atom stereocenters. The zero-order valence-corrected chi connectivity index (χ0v) is 14.2. The standard InChI is InChI=1S/C17H33N3O2/c1-3-20-11-7-14(8-12-20)6-10-18-16(22)19-15-5-4-9-17(15,2)13-21/h14-15,21H,3-13H2,1-2H3,(H2,18,19,22). The van der Waals surface area contributed by atoms with Gasteiger partial charge in [-0.1, -0.05) is 20.3 Å². The van der Waals surface area contributed by atoms with Gasteiger partial charge in [-0.2, -0.15) is 0 Å². The topological polar surface area (TPSA) is 64.6 Å². The number of nitrogens with one attached hydrogen (secondary N) is 2. The highest BCUT2D eigenvalue weighted by molar-refractivity contribution is 5.74. The van der Waals surface area contributed by atoms with E-state index < -0.39 is 0 Å². The van der Waals surface area contributed by atoms with E-state index in [2.05, 4.69) is 29.4 Å². The van der Waals surface area contributed by atoms with Crippen molar-refractivity contribution in [1.82, 2.24) is 15.5 Å². The number of aliphatic hydroxyl groups excluding tert-OH is 1. The van der Waals surface area contributed by atoms with E-state index in [9.17, 15) is 9.90 Å². The van der Waals surface area contributed by atoms with Crippen LogP contribution in [-0.2, 0) is 0 Å². The molecule has 0 aromatic heterocycles.